The quantitative estimate of drug-likeness (QED) is 0.778. The minimum atomic E-state index is 0.211. The van der Waals surface area contributed by atoms with E-state index in [1.165, 1.54) is 4.88 Å². The zero-order valence-corrected chi connectivity index (χ0v) is 13.2. The minimum Gasteiger partial charge on any atom is -0.310 e. The third-order valence-electron chi connectivity index (χ3n) is 2.12. The van der Waals surface area contributed by atoms with E-state index in [2.05, 4.69) is 53.5 Å². The Morgan fingerprint density at radius 2 is 2.19 bits per heavy atom. The summed E-state index contributed by atoms with van der Waals surface area (Å²) in [6.07, 6.45) is 1.04. The second-order valence-corrected chi connectivity index (χ2v) is 7.75. The minimum absolute atomic E-state index is 0.211. The maximum atomic E-state index is 6.27. The third kappa shape index (κ3) is 6.24. The number of hydrogen-bond donors (Lipinski definition) is 1. The van der Waals surface area contributed by atoms with Crippen molar-refractivity contribution in [1.29, 1.82) is 0 Å². The van der Waals surface area contributed by atoms with Crippen molar-refractivity contribution in [2.45, 2.75) is 39.1 Å². The van der Waals surface area contributed by atoms with Crippen LogP contribution in [0.2, 0.25) is 0 Å². The Morgan fingerprint density at radius 1 is 1.50 bits per heavy atom. The molecule has 1 aromatic rings. The molecule has 0 fully saturated rings. The van der Waals surface area contributed by atoms with Crippen LogP contribution in [0.4, 0.5) is 0 Å². The molecule has 0 aliphatic carbocycles. The Balaban J connectivity index is 2.20. The zero-order chi connectivity index (χ0) is 12.2. The molecule has 1 N–H and O–H groups in total. The Morgan fingerprint density at radius 3 is 2.69 bits per heavy atom. The van der Waals surface area contributed by atoms with Crippen LogP contribution in [-0.4, -0.2) is 11.9 Å². The first-order chi connectivity index (χ1) is 7.37. The van der Waals surface area contributed by atoms with E-state index < -0.39 is 0 Å². The predicted octanol–water partition coefficient (Wildman–Crippen LogP) is 4.64. The molecule has 0 saturated carbocycles. The van der Waals surface area contributed by atoms with E-state index in [0.29, 0.717) is 5.41 Å². The smallest absolute Gasteiger partial charge is 0.0465 e. The van der Waals surface area contributed by atoms with Gasteiger partial charge in [0.05, 0.1) is 0 Å². The first kappa shape index (κ1) is 14.5. The zero-order valence-electron chi connectivity index (χ0n) is 10.0. The number of thiophene rings is 1. The summed E-state index contributed by atoms with van der Waals surface area (Å²) in [6.45, 7) is 8.44. The van der Waals surface area contributed by atoms with E-state index in [4.69, 9.17) is 11.6 Å². The fraction of sp³-hybridized carbons (Fsp3) is 0.667. The van der Waals surface area contributed by atoms with Gasteiger partial charge in [0.2, 0.25) is 0 Å². The van der Waals surface area contributed by atoms with Gasteiger partial charge in [0, 0.05) is 33.2 Å². The highest BCUT2D eigenvalue weighted by Crippen LogP contribution is 2.23. The molecule has 4 heteroatoms. The first-order valence-electron chi connectivity index (χ1n) is 5.44. The number of hydrogen-bond acceptors (Lipinski definition) is 2. The summed E-state index contributed by atoms with van der Waals surface area (Å²) in [5.41, 5.74) is 0.306. The molecule has 92 valence electrons. The molecule has 16 heavy (non-hydrogen) atoms. The molecule has 1 aromatic heterocycles. The van der Waals surface area contributed by atoms with Crippen LogP contribution in [0.15, 0.2) is 15.9 Å². The summed E-state index contributed by atoms with van der Waals surface area (Å²) in [5.74, 6) is 0. The van der Waals surface area contributed by atoms with E-state index >= 15 is 0 Å². The molecule has 0 aliphatic rings. The number of alkyl halides is 1. The van der Waals surface area contributed by atoms with Crippen molar-refractivity contribution in [3.63, 3.8) is 0 Å². The van der Waals surface area contributed by atoms with Gasteiger partial charge in [-0.15, -0.1) is 22.9 Å². The van der Waals surface area contributed by atoms with Crippen LogP contribution in [0.3, 0.4) is 0 Å². The van der Waals surface area contributed by atoms with E-state index in [1.807, 2.05) is 0 Å². The maximum Gasteiger partial charge on any atom is 0.0465 e. The van der Waals surface area contributed by atoms with Crippen LogP contribution in [0.5, 0.6) is 0 Å². The van der Waals surface area contributed by atoms with Gasteiger partial charge < -0.3 is 5.32 Å². The largest absolute Gasteiger partial charge is 0.310 e. The summed E-state index contributed by atoms with van der Waals surface area (Å²) in [6, 6.07) is 2.14. The van der Waals surface area contributed by atoms with Crippen LogP contribution >= 0.6 is 38.9 Å². The van der Waals surface area contributed by atoms with Crippen LogP contribution in [0.25, 0.3) is 0 Å². The topological polar surface area (TPSA) is 12.0 Å². The fourth-order valence-electron chi connectivity index (χ4n) is 1.54. The monoisotopic (exact) mass is 323 g/mol. The Labute approximate surface area is 116 Å². The Bertz CT molecular complexity index is 319. The van der Waals surface area contributed by atoms with Crippen molar-refractivity contribution >= 4 is 38.9 Å². The van der Waals surface area contributed by atoms with Gasteiger partial charge in [-0.1, -0.05) is 20.8 Å². The average Bonchev–Trinajstić information content (AvgIpc) is 2.48. The molecular weight excluding hydrogens is 306 g/mol. The highest BCUT2D eigenvalue weighted by atomic mass is 79.9. The van der Waals surface area contributed by atoms with Crippen LogP contribution in [0.1, 0.15) is 32.1 Å². The second-order valence-electron chi connectivity index (χ2n) is 5.22. The van der Waals surface area contributed by atoms with Crippen LogP contribution < -0.4 is 5.32 Å². The summed E-state index contributed by atoms with van der Waals surface area (Å²) in [7, 11) is 0. The highest BCUT2D eigenvalue weighted by molar-refractivity contribution is 9.10. The van der Waals surface area contributed by atoms with Gasteiger partial charge in [0.15, 0.2) is 0 Å². The summed E-state index contributed by atoms with van der Waals surface area (Å²) in [5, 5.41) is 5.71. The molecule has 0 aromatic carbocycles. The number of halogens is 2. The van der Waals surface area contributed by atoms with Crippen molar-refractivity contribution < 1.29 is 0 Å². The normalized spacial score (nSPS) is 14.1. The van der Waals surface area contributed by atoms with E-state index in [-0.39, 0.29) is 5.38 Å². The summed E-state index contributed by atoms with van der Waals surface area (Å²) >= 11 is 11.5. The molecular formula is C12H19BrClNS. The summed E-state index contributed by atoms with van der Waals surface area (Å²) < 4.78 is 1.16. The lowest BCUT2D eigenvalue weighted by molar-refractivity contribution is 0.365. The standard InChI is InChI=1S/C12H19BrClNS/c1-12(2,3)5-10(14)6-15-7-11-4-9(13)8-16-11/h4,8,10,15H,5-7H2,1-3H3. The molecule has 1 rings (SSSR count). The van der Waals surface area contributed by atoms with E-state index in [1.54, 1.807) is 11.3 Å². The predicted molar refractivity (Wildman–Crippen MR) is 77.4 cm³/mol. The number of rotatable bonds is 5. The van der Waals surface area contributed by atoms with Gasteiger partial charge in [-0.25, -0.2) is 0 Å². The van der Waals surface area contributed by atoms with Crippen molar-refractivity contribution in [3.05, 3.63) is 20.8 Å². The van der Waals surface area contributed by atoms with E-state index in [9.17, 15) is 0 Å². The van der Waals surface area contributed by atoms with Gasteiger partial charge in [-0.2, -0.15) is 0 Å². The summed E-state index contributed by atoms with van der Waals surface area (Å²) in [4.78, 5) is 1.34. The molecule has 0 aliphatic heterocycles. The SMILES string of the molecule is CC(C)(C)CC(Cl)CNCc1cc(Br)cs1. The van der Waals surface area contributed by atoms with Crippen LogP contribution in [-0.2, 0) is 6.54 Å². The fourth-order valence-corrected chi connectivity index (χ4v) is 3.53. The lowest BCUT2D eigenvalue weighted by atomic mass is 9.90. The van der Waals surface area contributed by atoms with Crippen LogP contribution in [0, 0.1) is 5.41 Å². The molecule has 0 radical (unpaired) electrons. The molecule has 1 atom stereocenters. The first-order valence-corrected chi connectivity index (χ1v) is 7.55. The van der Waals surface area contributed by atoms with Gasteiger partial charge in [-0.3, -0.25) is 0 Å². The molecule has 0 spiro atoms. The van der Waals surface area contributed by atoms with E-state index in [0.717, 1.165) is 24.0 Å². The van der Waals surface area contributed by atoms with Crippen molar-refractivity contribution in [1.82, 2.24) is 5.32 Å². The van der Waals surface area contributed by atoms with Gasteiger partial charge in [-0.05, 0) is 33.8 Å². The molecule has 0 saturated heterocycles. The average molecular weight is 325 g/mol. The molecule has 1 nitrogen and oxygen atoms in total. The van der Waals surface area contributed by atoms with Gasteiger partial charge in [0.1, 0.15) is 0 Å². The molecule has 0 amide bonds. The second kappa shape index (κ2) is 6.39. The Kier molecular flexibility index (Phi) is 5.78. The van der Waals surface area contributed by atoms with Crippen molar-refractivity contribution in [2.24, 2.45) is 5.41 Å². The number of nitrogens with one attached hydrogen (secondary N) is 1. The lowest BCUT2D eigenvalue weighted by Crippen LogP contribution is -2.26. The van der Waals surface area contributed by atoms with Gasteiger partial charge >= 0.3 is 0 Å². The molecule has 1 heterocycles. The third-order valence-corrected chi connectivity index (χ3v) is 4.13. The molecule has 1 unspecified atom stereocenters. The maximum absolute atomic E-state index is 6.27. The highest BCUT2D eigenvalue weighted by Gasteiger charge is 2.16. The lowest BCUT2D eigenvalue weighted by Gasteiger charge is -2.21. The van der Waals surface area contributed by atoms with Crippen molar-refractivity contribution in [2.75, 3.05) is 6.54 Å². The molecule has 0 bridgehead atoms. The Hall–Kier alpha value is 0.430. The van der Waals surface area contributed by atoms with Crippen molar-refractivity contribution in [3.8, 4) is 0 Å². The van der Waals surface area contributed by atoms with Gasteiger partial charge in [0.25, 0.3) is 0 Å².